The number of thiocarbonyl (C=S) groups is 1. The molecular weight excluding hydrogens is 262 g/mol. The van der Waals surface area contributed by atoms with Gasteiger partial charge in [-0.1, -0.05) is 31.4 Å². The van der Waals surface area contributed by atoms with Crippen LogP contribution in [0.2, 0.25) is 0 Å². The Morgan fingerprint density at radius 2 is 1.95 bits per heavy atom. The second kappa shape index (κ2) is 6.47. The van der Waals surface area contributed by atoms with Crippen LogP contribution in [0.5, 0.6) is 0 Å². The van der Waals surface area contributed by atoms with Crippen LogP contribution in [0.3, 0.4) is 0 Å². The van der Waals surface area contributed by atoms with E-state index in [1.54, 1.807) is 18.2 Å². The first kappa shape index (κ1) is 13.7. The normalized spacial score (nSPS) is 15.8. The molecule has 5 nitrogen and oxygen atoms in total. The summed E-state index contributed by atoms with van der Waals surface area (Å²) >= 11 is 5.22. The molecule has 0 saturated heterocycles. The number of nitrogens with zero attached hydrogens (tertiary/aromatic N) is 1. The summed E-state index contributed by atoms with van der Waals surface area (Å²) in [7, 11) is 0. The van der Waals surface area contributed by atoms with Crippen molar-refractivity contribution in [2.45, 2.75) is 38.1 Å². The van der Waals surface area contributed by atoms with Crippen molar-refractivity contribution >= 4 is 28.7 Å². The minimum absolute atomic E-state index is 0.0373. The van der Waals surface area contributed by atoms with Gasteiger partial charge >= 0.3 is 0 Å². The van der Waals surface area contributed by atoms with Gasteiger partial charge in [0.15, 0.2) is 5.11 Å². The average Bonchev–Trinajstić information content (AvgIpc) is 2.40. The standard InChI is InChI=1S/C13H17N3O2S/c17-16(18)12-9-5-4-8-11(12)15-13(19)14-10-6-2-1-3-7-10/h4-5,8-10H,1-3,6-7H2,(H2,14,15,19). The second-order valence-corrected chi connectivity index (χ2v) is 5.12. The summed E-state index contributed by atoms with van der Waals surface area (Å²) in [5.41, 5.74) is 0.469. The molecule has 1 aliphatic carbocycles. The summed E-state index contributed by atoms with van der Waals surface area (Å²) < 4.78 is 0. The zero-order valence-corrected chi connectivity index (χ0v) is 11.4. The van der Waals surface area contributed by atoms with E-state index in [0.717, 1.165) is 12.8 Å². The molecule has 19 heavy (non-hydrogen) atoms. The van der Waals surface area contributed by atoms with E-state index in [9.17, 15) is 10.1 Å². The maximum Gasteiger partial charge on any atom is 0.292 e. The van der Waals surface area contributed by atoms with Crippen molar-refractivity contribution in [1.82, 2.24) is 5.32 Å². The third-order valence-corrected chi connectivity index (χ3v) is 3.51. The Bertz CT molecular complexity index is 473. The number of para-hydroxylation sites is 2. The van der Waals surface area contributed by atoms with Crippen molar-refractivity contribution in [3.63, 3.8) is 0 Å². The van der Waals surface area contributed by atoms with Gasteiger partial charge in [-0.25, -0.2) is 0 Å². The molecule has 0 heterocycles. The first-order valence-electron chi connectivity index (χ1n) is 6.48. The highest BCUT2D eigenvalue weighted by Gasteiger charge is 2.16. The number of hydrogen-bond donors (Lipinski definition) is 2. The van der Waals surface area contributed by atoms with Crippen LogP contribution >= 0.6 is 12.2 Å². The van der Waals surface area contributed by atoms with Crippen LogP contribution in [0.4, 0.5) is 11.4 Å². The molecule has 0 radical (unpaired) electrons. The molecule has 1 saturated carbocycles. The predicted octanol–water partition coefficient (Wildman–Crippen LogP) is 3.21. The lowest BCUT2D eigenvalue weighted by atomic mass is 9.96. The van der Waals surface area contributed by atoms with Crippen molar-refractivity contribution in [2.24, 2.45) is 0 Å². The van der Waals surface area contributed by atoms with Gasteiger partial charge in [-0.05, 0) is 31.1 Å². The van der Waals surface area contributed by atoms with E-state index in [4.69, 9.17) is 12.2 Å². The van der Waals surface area contributed by atoms with Gasteiger partial charge in [0.05, 0.1) is 4.92 Å². The SMILES string of the molecule is O=[N+]([O-])c1ccccc1NC(=S)NC1CCCCC1. The highest BCUT2D eigenvalue weighted by atomic mass is 32.1. The number of benzene rings is 1. The lowest BCUT2D eigenvalue weighted by Gasteiger charge is -2.24. The molecule has 0 bridgehead atoms. The zero-order valence-electron chi connectivity index (χ0n) is 10.6. The molecule has 1 aromatic carbocycles. The lowest BCUT2D eigenvalue weighted by Crippen LogP contribution is -2.38. The Morgan fingerprint density at radius 1 is 1.26 bits per heavy atom. The molecule has 1 aromatic rings. The summed E-state index contributed by atoms with van der Waals surface area (Å²) in [5, 5.41) is 17.5. The third-order valence-electron chi connectivity index (χ3n) is 3.29. The highest BCUT2D eigenvalue weighted by Crippen LogP contribution is 2.23. The molecular formula is C13H17N3O2S. The van der Waals surface area contributed by atoms with Gasteiger partial charge in [0.25, 0.3) is 5.69 Å². The molecule has 102 valence electrons. The fraction of sp³-hybridized carbons (Fsp3) is 0.462. The van der Waals surface area contributed by atoms with E-state index in [-0.39, 0.29) is 5.69 Å². The fourth-order valence-corrected chi connectivity index (χ4v) is 2.61. The zero-order chi connectivity index (χ0) is 13.7. The Balaban J connectivity index is 1.96. The quantitative estimate of drug-likeness (QED) is 0.505. The molecule has 0 unspecified atom stereocenters. The maximum absolute atomic E-state index is 10.9. The van der Waals surface area contributed by atoms with Gasteiger partial charge < -0.3 is 10.6 Å². The van der Waals surface area contributed by atoms with Crippen LogP contribution < -0.4 is 10.6 Å². The molecule has 2 rings (SSSR count). The maximum atomic E-state index is 10.9. The smallest absolute Gasteiger partial charge is 0.292 e. The predicted molar refractivity (Wildman–Crippen MR) is 79.3 cm³/mol. The van der Waals surface area contributed by atoms with Crippen molar-refractivity contribution in [3.05, 3.63) is 34.4 Å². The first-order chi connectivity index (χ1) is 9.16. The molecule has 0 spiro atoms. The molecule has 6 heteroatoms. The average molecular weight is 279 g/mol. The Kier molecular flexibility index (Phi) is 4.68. The van der Waals surface area contributed by atoms with Crippen LogP contribution in [-0.2, 0) is 0 Å². The third kappa shape index (κ3) is 3.89. The Hall–Kier alpha value is -1.69. The minimum Gasteiger partial charge on any atom is -0.360 e. The van der Waals surface area contributed by atoms with Crippen LogP contribution in [0, 0.1) is 10.1 Å². The number of hydrogen-bond acceptors (Lipinski definition) is 3. The molecule has 0 aliphatic heterocycles. The largest absolute Gasteiger partial charge is 0.360 e. The number of anilines is 1. The van der Waals surface area contributed by atoms with E-state index < -0.39 is 4.92 Å². The van der Waals surface area contributed by atoms with Gasteiger partial charge in [-0.3, -0.25) is 10.1 Å². The Labute approximate surface area is 117 Å². The summed E-state index contributed by atoms with van der Waals surface area (Å²) in [4.78, 5) is 10.5. The summed E-state index contributed by atoms with van der Waals surface area (Å²) in [6, 6.07) is 6.90. The van der Waals surface area contributed by atoms with Crippen molar-refractivity contribution in [1.29, 1.82) is 0 Å². The molecule has 1 fully saturated rings. The molecule has 1 aliphatic rings. The fourth-order valence-electron chi connectivity index (χ4n) is 2.33. The van der Waals surface area contributed by atoms with Gasteiger partial charge in [0.2, 0.25) is 0 Å². The minimum atomic E-state index is -0.411. The molecule has 2 N–H and O–H groups in total. The highest BCUT2D eigenvalue weighted by molar-refractivity contribution is 7.80. The number of nitrogens with one attached hydrogen (secondary N) is 2. The van der Waals surface area contributed by atoms with Gasteiger partial charge in [-0.2, -0.15) is 0 Å². The van der Waals surface area contributed by atoms with E-state index in [2.05, 4.69) is 10.6 Å². The van der Waals surface area contributed by atoms with E-state index >= 15 is 0 Å². The summed E-state index contributed by atoms with van der Waals surface area (Å²) in [5.74, 6) is 0. The van der Waals surface area contributed by atoms with E-state index in [1.807, 2.05) is 0 Å². The van der Waals surface area contributed by atoms with Crippen LogP contribution in [0.15, 0.2) is 24.3 Å². The van der Waals surface area contributed by atoms with Crippen LogP contribution in [0.1, 0.15) is 32.1 Å². The van der Waals surface area contributed by atoms with Gasteiger partial charge in [0, 0.05) is 12.1 Å². The van der Waals surface area contributed by atoms with Crippen molar-refractivity contribution < 1.29 is 4.92 Å². The first-order valence-corrected chi connectivity index (χ1v) is 6.88. The topological polar surface area (TPSA) is 67.2 Å². The van der Waals surface area contributed by atoms with Crippen molar-refractivity contribution in [3.8, 4) is 0 Å². The van der Waals surface area contributed by atoms with Gasteiger partial charge in [-0.15, -0.1) is 0 Å². The van der Waals surface area contributed by atoms with E-state index in [1.165, 1.54) is 25.3 Å². The molecule has 0 atom stereocenters. The monoisotopic (exact) mass is 279 g/mol. The Morgan fingerprint density at radius 3 is 2.63 bits per heavy atom. The van der Waals surface area contributed by atoms with Crippen molar-refractivity contribution in [2.75, 3.05) is 5.32 Å². The summed E-state index contributed by atoms with van der Waals surface area (Å²) in [6.07, 6.45) is 5.93. The lowest BCUT2D eigenvalue weighted by molar-refractivity contribution is -0.383. The molecule has 0 amide bonds. The number of nitro benzene ring substituents is 1. The van der Waals surface area contributed by atoms with Crippen LogP contribution in [-0.4, -0.2) is 16.1 Å². The number of rotatable bonds is 3. The molecule has 0 aromatic heterocycles. The van der Waals surface area contributed by atoms with Gasteiger partial charge in [0.1, 0.15) is 5.69 Å². The second-order valence-electron chi connectivity index (χ2n) is 4.71. The van der Waals surface area contributed by atoms with E-state index in [0.29, 0.717) is 16.8 Å². The summed E-state index contributed by atoms with van der Waals surface area (Å²) in [6.45, 7) is 0. The number of nitro groups is 1. The van der Waals surface area contributed by atoms with Crippen LogP contribution in [0.25, 0.3) is 0 Å².